The monoisotopic (exact) mass is 266 g/mol. The van der Waals surface area contributed by atoms with E-state index in [9.17, 15) is 5.11 Å². The molecular formula is C15H26N2O2. The summed E-state index contributed by atoms with van der Waals surface area (Å²) < 4.78 is 5.58. The van der Waals surface area contributed by atoms with Gasteiger partial charge in [0.25, 0.3) is 0 Å². The molecule has 1 aromatic heterocycles. The average molecular weight is 266 g/mol. The van der Waals surface area contributed by atoms with Gasteiger partial charge < -0.3 is 19.7 Å². The molecule has 0 aliphatic heterocycles. The lowest BCUT2D eigenvalue weighted by Crippen LogP contribution is -2.39. The van der Waals surface area contributed by atoms with Gasteiger partial charge in [-0.05, 0) is 32.0 Å². The van der Waals surface area contributed by atoms with Crippen molar-refractivity contribution in [2.24, 2.45) is 5.41 Å². The minimum Gasteiger partial charge on any atom is -0.469 e. The fourth-order valence-corrected chi connectivity index (χ4v) is 2.92. The van der Waals surface area contributed by atoms with E-state index in [1.807, 2.05) is 19.0 Å². The van der Waals surface area contributed by atoms with Gasteiger partial charge in [0.2, 0.25) is 0 Å². The SMILES string of the molecule is CN(C)CC(O)CNC1CC(C)(C)Cc2occc21. The maximum absolute atomic E-state index is 9.95. The summed E-state index contributed by atoms with van der Waals surface area (Å²) in [6.45, 7) is 5.83. The molecule has 0 spiro atoms. The Bertz CT molecular complexity index is 412. The van der Waals surface area contributed by atoms with Gasteiger partial charge in [0.15, 0.2) is 0 Å². The van der Waals surface area contributed by atoms with Crippen LogP contribution in [0.3, 0.4) is 0 Å². The fraction of sp³-hybridized carbons (Fsp3) is 0.733. The summed E-state index contributed by atoms with van der Waals surface area (Å²) in [5, 5.41) is 13.4. The number of rotatable bonds is 5. The van der Waals surface area contributed by atoms with E-state index in [-0.39, 0.29) is 17.6 Å². The topological polar surface area (TPSA) is 48.6 Å². The third kappa shape index (κ3) is 3.81. The number of fused-ring (bicyclic) bond motifs is 1. The van der Waals surface area contributed by atoms with Crippen molar-refractivity contribution >= 4 is 0 Å². The van der Waals surface area contributed by atoms with Crippen LogP contribution in [0.5, 0.6) is 0 Å². The third-order valence-corrected chi connectivity index (χ3v) is 3.73. The molecule has 19 heavy (non-hydrogen) atoms. The number of aliphatic hydroxyl groups excluding tert-OH is 1. The number of likely N-dealkylation sites (N-methyl/N-ethyl adjacent to an activating group) is 1. The molecule has 1 aliphatic carbocycles. The first-order chi connectivity index (χ1) is 8.87. The zero-order valence-corrected chi connectivity index (χ0v) is 12.4. The summed E-state index contributed by atoms with van der Waals surface area (Å²) >= 11 is 0. The molecule has 0 saturated heterocycles. The summed E-state index contributed by atoms with van der Waals surface area (Å²) in [5.41, 5.74) is 1.51. The Kier molecular flexibility index (Phi) is 4.33. The molecule has 4 nitrogen and oxygen atoms in total. The molecule has 1 aliphatic rings. The van der Waals surface area contributed by atoms with Crippen molar-refractivity contribution in [2.75, 3.05) is 27.2 Å². The normalized spacial score (nSPS) is 23.4. The van der Waals surface area contributed by atoms with Crippen LogP contribution in [0.15, 0.2) is 16.7 Å². The minimum atomic E-state index is -0.338. The molecular weight excluding hydrogens is 240 g/mol. The molecule has 2 rings (SSSR count). The molecule has 108 valence electrons. The van der Waals surface area contributed by atoms with Crippen LogP contribution in [0.2, 0.25) is 0 Å². The van der Waals surface area contributed by atoms with Gasteiger partial charge in [0, 0.05) is 31.1 Å². The molecule has 0 fully saturated rings. The highest BCUT2D eigenvalue weighted by atomic mass is 16.3. The van der Waals surface area contributed by atoms with Crippen LogP contribution in [0.4, 0.5) is 0 Å². The maximum Gasteiger partial charge on any atom is 0.109 e. The number of hydrogen-bond donors (Lipinski definition) is 2. The van der Waals surface area contributed by atoms with Crippen molar-refractivity contribution in [3.63, 3.8) is 0 Å². The number of hydrogen-bond acceptors (Lipinski definition) is 4. The predicted molar refractivity (Wildman–Crippen MR) is 76.1 cm³/mol. The van der Waals surface area contributed by atoms with Crippen molar-refractivity contribution in [3.05, 3.63) is 23.7 Å². The molecule has 0 saturated carbocycles. The lowest BCUT2D eigenvalue weighted by atomic mass is 9.75. The molecule has 2 atom stereocenters. The summed E-state index contributed by atoms with van der Waals surface area (Å²) in [6, 6.07) is 2.34. The first-order valence-electron chi connectivity index (χ1n) is 7.00. The van der Waals surface area contributed by atoms with Gasteiger partial charge in [-0.25, -0.2) is 0 Å². The van der Waals surface area contributed by atoms with Crippen molar-refractivity contribution in [1.82, 2.24) is 10.2 Å². The Hall–Kier alpha value is -0.840. The molecule has 2 unspecified atom stereocenters. The Morgan fingerprint density at radius 2 is 2.26 bits per heavy atom. The second-order valence-corrected chi connectivity index (χ2v) is 6.72. The van der Waals surface area contributed by atoms with Gasteiger partial charge in [-0.3, -0.25) is 0 Å². The highest BCUT2D eigenvalue weighted by Gasteiger charge is 2.34. The highest BCUT2D eigenvalue weighted by Crippen LogP contribution is 2.41. The highest BCUT2D eigenvalue weighted by molar-refractivity contribution is 5.26. The van der Waals surface area contributed by atoms with Crippen LogP contribution in [0.1, 0.15) is 37.6 Å². The zero-order valence-electron chi connectivity index (χ0n) is 12.4. The molecule has 1 aromatic rings. The molecule has 2 N–H and O–H groups in total. The van der Waals surface area contributed by atoms with E-state index in [2.05, 4.69) is 25.2 Å². The molecule has 0 bridgehead atoms. The summed E-state index contributed by atoms with van der Waals surface area (Å²) in [5.74, 6) is 1.09. The van der Waals surface area contributed by atoms with E-state index in [0.717, 1.165) is 18.6 Å². The summed E-state index contributed by atoms with van der Waals surface area (Å²) in [6.07, 6.45) is 3.51. The van der Waals surface area contributed by atoms with Crippen LogP contribution in [0.25, 0.3) is 0 Å². The second-order valence-electron chi connectivity index (χ2n) is 6.72. The third-order valence-electron chi connectivity index (χ3n) is 3.73. The fourth-order valence-electron chi connectivity index (χ4n) is 2.92. The summed E-state index contributed by atoms with van der Waals surface area (Å²) in [7, 11) is 3.95. The average Bonchev–Trinajstić information content (AvgIpc) is 2.71. The Morgan fingerprint density at radius 3 is 2.95 bits per heavy atom. The number of nitrogens with one attached hydrogen (secondary N) is 1. The number of nitrogens with zero attached hydrogens (tertiary/aromatic N) is 1. The lowest BCUT2D eigenvalue weighted by molar-refractivity contribution is 0.125. The van der Waals surface area contributed by atoms with Crippen LogP contribution < -0.4 is 5.32 Å². The smallest absolute Gasteiger partial charge is 0.109 e. The molecule has 4 heteroatoms. The standard InChI is InChI=1S/C15H26N2O2/c1-15(2)7-13(12-5-6-19-14(12)8-15)16-9-11(18)10-17(3)4/h5-6,11,13,16,18H,7-10H2,1-4H3. The van der Waals surface area contributed by atoms with Crippen molar-refractivity contribution in [3.8, 4) is 0 Å². The largest absolute Gasteiger partial charge is 0.469 e. The quantitative estimate of drug-likeness (QED) is 0.853. The first kappa shape index (κ1) is 14.6. The predicted octanol–water partition coefficient (Wildman–Crippen LogP) is 1.81. The van der Waals surface area contributed by atoms with Crippen LogP contribution in [-0.2, 0) is 6.42 Å². The Balaban J connectivity index is 1.97. The molecule has 0 amide bonds. The number of furan rings is 1. The van der Waals surface area contributed by atoms with E-state index in [0.29, 0.717) is 13.1 Å². The Morgan fingerprint density at radius 1 is 1.53 bits per heavy atom. The van der Waals surface area contributed by atoms with E-state index in [1.165, 1.54) is 5.56 Å². The van der Waals surface area contributed by atoms with Crippen molar-refractivity contribution in [1.29, 1.82) is 0 Å². The van der Waals surface area contributed by atoms with Crippen molar-refractivity contribution < 1.29 is 9.52 Å². The van der Waals surface area contributed by atoms with Crippen LogP contribution in [0, 0.1) is 5.41 Å². The van der Waals surface area contributed by atoms with Gasteiger partial charge in [0.1, 0.15) is 5.76 Å². The zero-order chi connectivity index (χ0) is 14.0. The molecule has 0 aromatic carbocycles. The number of aliphatic hydroxyl groups is 1. The van der Waals surface area contributed by atoms with E-state index in [4.69, 9.17) is 4.42 Å². The van der Waals surface area contributed by atoms with Crippen molar-refractivity contribution in [2.45, 2.75) is 38.8 Å². The van der Waals surface area contributed by atoms with Gasteiger partial charge in [0.05, 0.1) is 12.4 Å². The van der Waals surface area contributed by atoms with Gasteiger partial charge in [-0.15, -0.1) is 0 Å². The van der Waals surface area contributed by atoms with E-state index >= 15 is 0 Å². The van der Waals surface area contributed by atoms with Gasteiger partial charge in [-0.2, -0.15) is 0 Å². The van der Waals surface area contributed by atoms with Crippen LogP contribution in [-0.4, -0.2) is 43.3 Å². The van der Waals surface area contributed by atoms with Gasteiger partial charge >= 0.3 is 0 Å². The van der Waals surface area contributed by atoms with Crippen LogP contribution >= 0.6 is 0 Å². The Labute approximate surface area is 115 Å². The second kappa shape index (κ2) is 5.65. The van der Waals surface area contributed by atoms with E-state index < -0.39 is 0 Å². The van der Waals surface area contributed by atoms with Gasteiger partial charge in [-0.1, -0.05) is 13.8 Å². The molecule has 0 radical (unpaired) electrons. The minimum absolute atomic E-state index is 0.245. The lowest BCUT2D eigenvalue weighted by Gasteiger charge is -2.35. The van der Waals surface area contributed by atoms with E-state index in [1.54, 1.807) is 6.26 Å². The molecule has 1 heterocycles. The maximum atomic E-state index is 9.95. The summed E-state index contributed by atoms with van der Waals surface area (Å²) in [4.78, 5) is 2.00. The first-order valence-corrected chi connectivity index (χ1v) is 7.00.